The molecule has 260 valence electrons. The quantitative estimate of drug-likeness (QED) is 0.146. The van der Waals surface area contributed by atoms with Crippen LogP contribution in [0.25, 0.3) is 0 Å². The maximum Gasteiger partial charge on any atom is 0.459 e. The van der Waals surface area contributed by atoms with Crippen LogP contribution < -0.4 is 21.0 Å². The van der Waals surface area contributed by atoms with Crippen LogP contribution in [0.2, 0.25) is 0 Å². The number of hydrogen-bond acceptors (Lipinski definition) is 12. The molecule has 2 unspecified atom stereocenters. The Kier molecular flexibility index (Phi) is 12.4. The number of benzene rings is 2. The fourth-order valence-electron chi connectivity index (χ4n) is 4.42. The summed E-state index contributed by atoms with van der Waals surface area (Å²) in [6, 6.07) is 15.8. The van der Waals surface area contributed by atoms with Crippen LogP contribution >= 0.6 is 7.75 Å². The van der Waals surface area contributed by atoms with Crippen LogP contribution in [-0.2, 0) is 39.5 Å². The number of alkyl halides is 2. The zero-order valence-corrected chi connectivity index (χ0v) is 27.0. The average molecular weight is 695 g/mol. The lowest BCUT2D eigenvalue weighted by molar-refractivity contribution is -0.153. The maximum absolute atomic E-state index is 15.1. The van der Waals surface area contributed by atoms with Crippen LogP contribution in [0.3, 0.4) is 0 Å². The number of nitrogen functional groups attached to an aromatic ring is 1. The van der Waals surface area contributed by atoms with Crippen molar-refractivity contribution in [1.82, 2.24) is 14.6 Å². The number of nitrogens with zero attached hydrogens (tertiary/aromatic N) is 2. The van der Waals surface area contributed by atoms with Crippen molar-refractivity contribution < 1.29 is 51.3 Å². The van der Waals surface area contributed by atoms with Crippen molar-refractivity contribution in [2.45, 2.75) is 63.7 Å². The number of para-hydroxylation sites is 1. The fraction of sp³-hybridized carbons (Fsp3) is 0.419. The van der Waals surface area contributed by atoms with Gasteiger partial charge in [0.2, 0.25) is 6.23 Å². The third-order valence-electron chi connectivity index (χ3n) is 7.01. The summed E-state index contributed by atoms with van der Waals surface area (Å²) in [5.41, 5.74) is 4.96. The molecule has 4 rings (SSSR count). The molecule has 1 saturated heterocycles. The molecule has 48 heavy (non-hydrogen) atoms. The first-order valence-corrected chi connectivity index (χ1v) is 16.5. The summed E-state index contributed by atoms with van der Waals surface area (Å²) in [6.07, 6.45) is -5.96. The van der Waals surface area contributed by atoms with Gasteiger partial charge < -0.3 is 29.6 Å². The van der Waals surface area contributed by atoms with Crippen LogP contribution in [0.1, 0.15) is 38.5 Å². The summed E-state index contributed by atoms with van der Waals surface area (Å²) in [7, 11) is -4.76. The highest BCUT2D eigenvalue weighted by Gasteiger charge is 2.60. The predicted octanol–water partition coefficient (Wildman–Crippen LogP) is 3.60. The van der Waals surface area contributed by atoms with Crippen LogP contribution in [0.4, 0.5) is 14.6 Å². The Balaban J connectivity index is 1.55. The molecule has 1 aromatic heterocycles. The van der Waals surface area contributed by atoms with Crippen LogP contribution in [0.5, 0.6) is 5.75 Å². The molecule has 0 radical (unpaired) electrons. The van der Waals surface area contributed by atoms with E-state index in [0.29, 0.717) is 16.6 Å². The van der Waals surface area contributed by atoms with E-state index in [1.165, 1.54) is 12.1 Å². The molecule has 0 amide bonds. The predicted molar refractivity (Wildman–Crippen MR) is 167 cm³/mol. The standard InChI is InChI=1S/C31H37F2N4O10P/c1-20(2)14-16-43-28(40)23(17-26(38)44-18-21-9-5-3-6-10-21)36-48(42,47-22-11-7-4-8-12-22)45-19-24-27(39)31(32,33)29(46-24)37-15-13-25(34)35-30(37)41/h3-13,15,20,23-24,27,29,39H,14,16-19H2,1-2H3,(H,36,42)(H2,34,35,41)/t23-,24+,27?,29+,48?/m0/s1. The number of esters is 2. The second-order valence-electron chi connectivity index (χ2n) is 11.3. The van der Waals surface area contributed by atoms with E-state index in [1.807, 2.05) is 13.8 Å². The lowest BCUT2D eigenvalue weighted by atomic mass is 10.1. The van der Waals surface area contributed by atoms with E-state index < -0.39 is 68.8 Å². The van der Waals surface area contributed by atoms with Gasteiger partial charge in [0, 0.05) is 6.20 Å². The van der Waals surface area contributed by atoms with Crippen molar-refractivity contribution in [1.29, 1.82) is 0 Å². The molecule has 4 N–H and O–H groups in total. The molecule has 1 fully saturated rings. The van der Waals surface area contributed by atoms with Gasteiger partial charge in [0.05, 0.1) is 19.6 Å². The Morgan fingerprint density at radius 3 is 2.42 bits per heavy atom. The first-order valence-electron chi connectivity index (χ1n) is 15.0. The monoisotopic (exact) mass is 694 g/mol. The molecular formula is C31H37F2N4O10P. The number of ether oxygens (including phenoxy) is 3. The van der Waals surface area contributed by atoms with E-state index in [-0.39, 0.29) is 30.7 Å². The Morgan fingerprint density at radius 1 is 1.10 bits per heavy atom. The number of aliphatic hydroxyl groups is 1. The molecule has 2 aromatic carbocycles. The summed E-state index contributed by atoms with van der Waals surface area (Å²) in [4.78, 5) is 41.7. The lowest BCUT2D eigenvalue weighted by Gasteiger charge is -2.26. The van der Waals surface area contributed by atoms with E-state index in [4.69, 9.17) is 29.0 Å². The van der Waals surface area contributed by atoms with Gasteiger partial charge in [-0.3, -0.25) is 18.7 Å². The molecule has 0 spiro atoms. The summed E-state index contributed by atoms with van der Waals surface area (Å²) < 4.78 is 71.9. The zero-order valence-electron chi connectivity index (χ0n) is 26.1. The number of rotatable bonds is 16. The zero-order chi connectivity index (χ0) is 34.9. The lowest BCUT2D eigenvalue weighted by Crippen LogP contribution is -2.42. The molecule has 0 saturated carbocycles. The minimum atomic E-state index is -4.76. The Bertz CT molecular complexity index is 1630. The van der Waals surface area contributed by atoms with Crippen LogP contribution in [0.15, 0.2) is 77.7 Å². The SMILES string of the molecule is CC(C)CCOC(=O)[C@H](CC(=O)OCc1ccccc1)NP(=O)(OC[C@H]1O[C@@H](n2ccc(N)nc2=O)C(F)(F)C1O)Oc1ccccc1. The number of nitrogens with two attached hydrogens (primary N) is 1. The van der Waals surface area contributed by atoms with Crippen molar-refractivity contribution >= 4 is 25.5 Å². The van der Waals surface area contributed by atoms with E-state index in [1.54, 1.807) is 48.5 Å². The number of aliphatic hydroxyl groups excluding tert-OH is 1. The number of nitrogens with one attached hydrogen (secondary N) is 1. The van der Waals surface area contributed by atoms with Gasteiger partial charge in [-0.15, -0.1) is 0 Å². The third kappa shape index (κ3) is 9.90. The van der Waals surface area contributed by atoms with Gasteiger partial charge in [0.25, 0.3) is 0 Å². The molecule has 0 aliphatic carbocycles. The first kappa shape index (κ1) is 36.6. The Hall–Kier alpha value is -4.21. The topological polar surface area (TPSA) is 191 Å². The molecule has 1 aliphatic heterocycles. The number of anilines is 1. The number of halogens is 2. The van der Waals surface area contributed by atoms with Crippen molar-refractivity contribution in [3.05, 3.63) is 89.0 Å². The van der Waals surface area contributed by atoms with E-state index in [2.05, 4.69) is 10.1 Å². The summed E-state index contributed by atoms with van der Waals surface area (Å²) in [5, 5.41) is 12.9. The van der Waals surface area contributed by atoms with Gasteiger partial charge in [-0.05, 0) is 36.1 Å². The van der Waals surface area contributed by atoms with Gasteiger partial charge in [-0.25, -0.2) is 9.36 Å². The maximum atomic E-state index is 15.1. The number of hydrogen-bond donors (Lipinski definition) is 3. The van der Waals surface area contributed by atoms with Crippen molar-refractivity contribution in [3.63, 3.8) is 0 Å². The largest absolute Gasteiger partial charge is 0.464 e. The summed E-state index contributed by atoms with van der Waals surface area (Å²) in [6.45, 7) is 2.72. The molecule has 3 aromatic rings. The van der Waals surface area contributed by atoms with Crippen LogP contribution in [-0.4, -0.2) is 64.0 Å². The average Bonchev–Trinajstić information content (AvgIpc) is 3.26. The van der Waals surface area contributed by atoms with Gasteiger partial charge >= 0.3 is 31.3 Å². The highest BCUT2D eigenvalue weighted by molar-refractivity contribution is 7.52. The molecule has 14 nitrogen and oxygen atoms in total. The third-order valence-corrected chi connectivity index (χ3v) is 8.58. The second kappa shape index (κ2) is 16.3. The first-order chi connectivity index (χ1) is 22.8. The van der Waals surface area contributed by atoms with Gasteiger partial charge in [-0.2, -0.15) is 18.9 Å². The van der Waals surface area contributed by atoms with Crippen molar-refractivity contribution in [3.8, 4) is 5.75 Å². The van der Waals surface area contributed by atoms with E-state index in [9.17, 15) is 24.1 Å². The molecule has 0 bridgehead atoms. The molecular weight excluding hydrogens is 657 g/mol. The number of carbonyl (C=O) groups excluding carboxylic acids is 2. The van der Waals surface area contributed by atoms with Gasteiger partial charge in [-0.1, -0.05) is 62.4 Å². The Morgan fingerprint density at radius 2 is 1.77 bits per heavy atom. The summed E-state index contributed by atoms with van der Waals surface area (Å²) >= 11 is 0. The molecule has 2 heterocycles. The fourth-order valence-corrected chi connectivity index (χ4v) is 5.92. The Labute approximate surface area is 274 Å². The molecule has 5 atom stereocenters. The van der Waals surface area contributed by atoms with Gasteiger partial charge in [0.15, 0.2) is 6.10 Å². The highest BCUT2D eigenvalue weighted by atomic mass is 31.2. The smallest absolute Gasteiger partial charge is 0.459 e. The minimum absolute atomic E-state index is 0.0116. The molecule has 17 heteroatoms. The normalized spacial score (nSPS) is 20.5. The summed E-state index contributed by atoms with van der Waals surface area (Å²) in [5.74, 6) is -5.92. The second-order valence-corrected chi connectivity index (χ2v) is 13.0. The number of aromatic nitrogens is 2. The highest BCUT2D eigenvalue weighted by Crippen LogP contribution is 2.48. The van der Waals surface area contributed by atoms with Crippen molar-refractivity contribution in [2.24, 2.45) is 5.92 Å². The van der Waals surface area contributed by atoms with E-state index >= 15 is 8.78 Å². The minimum Gasteiger partial charge on any atom is -0.464 e. The van der Waals surface area contributed by atoms with Crippen LogP contribution in [0, 0.1) is 5.92 Å². The van der Waals surface area contributed by atoms with Gasteiger partial charge in [0.1, 0.15) is 30.3 Å². The molecule has 1 aliphatic rings. The number of carbonyl (C=O) groups is 2. The van der Waals surface area contributed by atoms with E-state index in [0.717, 1.165) is 12.3 Å². The van der Waals surface area contributed by atoms with Crippen molar-refractivity contribution in [2.75, 3.05) is 18.9 Å².